The lowest BCUT2D eigenvalue weighted by Gasteiger charge is -2.35. The van der Waals surface area contributed by atoms with Gasteiger partial charge in [-0.25, -0.2) is 9.59 Å². The SMILES string of the molecule is O=C(NCc1ccc(Cl)cc1Cl)N1CCC(N2CC(c3ccccc3)OC2=O)CC1. The standard InChI is InChI=1S/C22H23Cl2N3O3/c23-17-7-6-16(19(24)12-17)13-25-21(28)26-10-8-18(9-11-26)27-14-20(30-22(27)29)15-4-2-1-3-5-15/h1-7,12,18,20H,8-11,13-14H2,(H,25,28). The van der Waals surface area contributed by atoms with Gasteiger partial charge in [0.25, 0.3) is 0 Å². The maximum atomic E-state index is 12.5. The lowest BCUT2D eigenvalue weighted by Crippen LogP contribution is -2.49. The van der Waals surface area contributed by atoms with E-state index < -0.39 is 0 Å². The highest BCUT2D eigenvalue weighted by atomic mass is 35.5. The van der Waals surface area contributed by atoms with Crippen LogP contribution in [0.3, 0.4) is 0 Å². The fraction of sp³-hybridized carbons (Fsp3) is 0.364. The Balaban J connectivity index is 1.27. The number of benzene rings is 2. The molecule has 0 saturated carbocycles. The van der Waals surface area contributed by atoms with E-state index in [1.54, 1.807) is 28.0 Å². The average molecular weight is 448 g/mol. The molecule has 3 amide bonds. The number of cyclic esters (lactones) is 1. The van der Waals surface area contributed by atoms with Gasteiger partial charge in [0.1, 0.15) is 6.10 Å². The summed E-state index contributed by atoms with van der Waals surface area (Å²) in [4.78, 5) is 28.5. The van der Waals surface area contributed by atoms with Gasteiger partial charge in [-0.1, -0.05) is 59.6 Å². The van der Waals surface area contributed by atoms with Crippen molar-refractivity contribution in [3.05, 3.63) is 69.7 Å². The van der Waals surface area contributed by atoms with Gasteiger partial charge in [0.15, 0.2) is 0 Å². The molecule has 158 valence electrons. The number of piperidine rings is 1. The second-order valence-corrected chi connectivity index (χ2v) is 8.39. The molecule has 2 aliphatic rings. The van der Waals surface area contributed by atoms with Crippen molar-refractivity contribution in [1.29, 1.82) is 0 Å². The minimum Gasteiger partial charge on any atom is -0.439 e. The van der Waals surface area contributed by atoms with Crippen LogP contribution in [0.1, 0.15) is 30.1 Å². The first-order valence-electron chi connectivity index (χ1n) is 10.00. The Morgan fingerprint density at radius 3 is 2.53 bits per heavy atom. The molecule has 2 saturated heterocycles. The van der Waals surface area contributed by atoms with Crippen LogP contribution in [0.5, 0.6) is 0 Å². The number of rotatable bonds is 4. The van der Waals surface area contributed by atoms with Crippen LogP contribution in [0.15, 0.2) is 48.5 Å². The fourth-order valence-electron chi connectivity index (χ4n) is 3.95. The molecule has 2 fully saturated rings. The second kappa shape index (κ2) is 9.14. The van der Waals surface area contributed by atoms with Crippen molar-refractivity contribution in [2.75, 3.05) is 19.6 Å². The van der Waals surface area contributed by atoms with Gasteiger partial charge >= 0.3 is 12.1 Å². The van der Waals surface area contributed by atoms with Crippen molar-refractivity contribution >= 4 is 35.3 Å². The molecule has 4 rings (SSSR count). The van der Waals surface area contributed by atoms with Crippen LogP contribution in [-0.2, 0) is 11.3 Å². The number of hydrogen-bond acceptors (Lipinski definition) is 3. The van der Waals surface area contributed by atoms with E-state index >= 15 is 0 Å². The summed E-state index contributed by atoms with van der Waals surface area (Å²) < 4.78 is 5.57. The summed E-state index contributed by atoms with van der Waals surface area (Å²) in [5, 5.41) is 4.00. The summed E-state index contributed by atoms with van der Waals surface area (Å²) in [6.07, 6.45) is 0.950. The zero-order valence-corrected chi connectivity index (χ0v) is 17.9. The smallest absolute Gasteiger partial charge is 0.410 e. The van der Waals surface area contributed by atoms with Crippen LogP contribution in [-0.4, -0.2) is 47.6 Å². The highest BCUT2D eigenvalue weighted by molar-refractivity contribution is 6.35. The minimum absolute atomic E-state index is 0.0842. The van der Waals surface area contributed by atoms with Gasteiger partial charge in [-0.2, -0.15) is 0 Å². The Kier molecular flexibility index (Phi) is 6.35. The Bertz CT molecular complexity index is 917. The van der Waals surface area contributed by atoms with Crippen LogP contribution >= 0.6 is 23.2 Å². The van der Waals surface area contributed by atoms with E-state index in [0.29, 0.717) is 36.2 Å². The molecule has 0 bridgehead atoms. The number of nitrogens with one attached hydrogen (secondary N) is 1. The van der Waals surface area contributed by atoms with E-state index in [0.717, 1.165) is 24.0 Å². The molecule has 0 radical (unpaired) electrons. The molecule has 1 atom stereocenters. The predicted molar refractivity (Wildman–Crippen MR) is 116 cm³/mol. The number of likely N-dealkylation sites (tertiary alicyclic amines) is 1. The Morgan fingerprint density at radius 2 is 1.83 bits per heavy atom. The second-order valence-electron chi connectivity index (χ2n) is 7.55. The third-order valence-electron chi connectivity index (χ3n) is 5.65. The van der Waals surface area contributed by atoms with Crippen LogP contribution in [0.2, 0.25) is 10.0 Å². The Hall–Kier alpha value is -2.44. The van der Waals surface area contributed by atoms with Crippen molar-refractivity contribution in [3.8, 4) is 0 Å². The summed E-state index contributed by atoms with van der Waals surface area (Å²) in [5.41, 5.74) is 1.82. The van der Waals surface area contributed by atoms with Gasteiger partial charge in [0.05, 0.1) is 6.54 Å². The molecule has 8 heteroatoms. The number of carbonyl (C=O) groups is 2. The van der Waals surface area contributed by atoms with Crippen molar-refractivity contribution in [2.24, 2.45) is 0 Å². The van der Waals surface area contributed by atoms with Gasteiger partial charge in [-0.15, -0.1) is 0 Å². The number of hydrogen-bond donors (Lipinski definition) is 1. The maximum Gasteiger partial charge on any atom is 0.410 e. The van der Waals surface area contributed by atoms with Crippen molar-refractivity contribution in [2.45, 2.75) is 31.5 Å². The van der Waals surface area contributed by atoms with Gasteiger partial charge in [0, 0.05) is 35.7 Å². The Morgan fingerprint density at radius 1 is 1.10 bits per heavy atom. The van der Waals surface area contributed by atoms with Crippen LogP contribution < -0.4 is 5.32 Å². The number of urea groups is 1. The molecule has 2 heterocycles. The first kappa shape index (κ1) is 20.8. The van der Waals surface area contributed by atoms with E-state index in [1.165, 1.54) is 0 Å². The fourth-order valence-corrected chi connectivity index (χ4v) is 4.42. The lowest BCUT2D eigenvalue weighted by molar-refractivity contribution is 0.115. The van der Waals surface area contributed by atoms with Gasteiger partial charge < -0.3 is 19.9 Å². The molecule has 30 heavy (non-hydrogen) atoms. The third-order valence-corrected chi connectivity index (χ3v) is 6.24. The molecule has 0 aromatic heterocycles. The molecular formula is C22H23Cl2N3O3. The van der Waals surface area contributed by atoms with Crippen molar-refractivity contribution in [3.63, 3.8) is 0 Å². The number of nitrogens with zero attached hydrogens (tertiary/aromatic N) is 2. The third kappa shape index (κ3) is 4.65. The highest BCUT2D eigenvalue weighted by Gasteiger charge is 2.38. The highest BCUT2D eigenvalue weighted by Crippen LogP contribution is 2.30. The lowest BCUT2D eigenvalue weighted by atomic mass is 10.0. The zero-order valence-electron chi connectivity index (χ0n) is 16.4. The van der Waals surface area contributed by atoms with E-state index in [1.807, 2.05) is 30.3 Å². The number of ether oxygens (including phenoxy) is 1. The first-order chi connectivity index (χ1) is 14.5. The quantitative estimate of drug-likeness (QED) is 0.727. The molecule has 1 N–H and O–H groups in total. The summed E-state index contributed by atoms with van der Waals surface area (Å²) >= 11 is 12.1. The summed E-state index contributed by atoms with van der Waals surface area (Å²) in [7, 11) is 0. The van der Waals surface area contributed by atoms with E-state index in [2.05, 4.69) is 5.32 Å². The van der Waals surface area contributed by atoms with E-state index in [4.69, 9.17) is 27.9 Å². The largest absolute Gasteiger partial charge is 0.439 e. The zero-order chi connectivity index (χ0) is 21.1. The predicted octanol–water partition coefficient (Wildman–Crippen LogP) is 4.86. The summed E-state index contributed by atoms with van der Waals surface area (Å²) in [5.74, 6) is 0. The van der Waals surface area contributed by atoms with Crippen LogP contribution in [0.4, 0.5) is 9.59 Å². The van der Waals surface area contributed by atoms with E-state index in [-0.39, 0.29) is 24.3 Å². The normalized spacial score (nSPS) is 19.7. The average Bonchev–Trinajstić information content (AvgIpc) is 3.15. The molecule has 0 aliphatic carbocycles. The maximum absolute atomic E-state index is 12.5. The molecule has 0 spiro atoms. The number of amides is 3. The monoisotopic (exact) mass is 447 g/mol. The van der Waals surface area contributed by atoms with Gasteiger partial charge in [-0.05, 0) is 36.1 Å². The first-order valence-corrected chi connectivity index (χ1v) is 10.8. The Labute approximate surface area is 185 Å². The molecule has 2 aromatic carbocycles. The number of halogens is 2. The number of carbonyl (C=O) groups excluding carboxylic acids is 2. The minimum atomic E-state index is -0.274. The molecule has 2 aliphatic heterocycles. The van der Waals surface area contributed by atoms with Crippen molar-refractivity contribution in [1.82, 2.24) is 15.1 Å². The van der Waals surface area contributed by atoms with Gasteiger partial charge in [-0.3, -0.25) is 0 Å². The molecule has 6 nitrogen and oxygen atoms in total. The van der Waals surface area contributed by atoms with E-state index in [9.17, 15) is 9.59 Å². The van der Waals surface area contributed by atoms with Crippen LogP contribution in [0.25, 0.3) is 0 Å². The topological polar surface area (TPSA) is 61.9 Å². The molecular weight excluding hydrogens is 425 g/mol. The summed E-state index contributed by atoms with van der Waals surface area (Å²) in [6.45, 7) is 2.07. The van der Waals surface area contributed by atoms with Crippen molar-refractivity contribution < 1.29 is 14.3 Å². The summed E-state index contributed by atoms with van der Waals surface area (Å²) in [6, 6.07) is 14.9. The van der Waals surface area contributed by atoms with Crippen LogP contribution in [0, 0.1) is 0 Å². The van der Waals surface area contributed by atoms with Gasteiger partial charge in [0.2, 0.25) is 0 Å². The molecule has 2 aromatic rings. The molecule has 1 unspecified atom stereocenters.